The summed E-state index contributed by atoms with van der Waals surface area (Å²) in [5, 5.41) is 2.66. The fourth-order valence-electron chi connectivity index (χ4n) is 2.00. The van der Waals surface area contributed by atoms with Gasteiger partial charge in [-0.05, 0) is 48.4 Å². The van der Waals surface area contributed by atoms with Gasteiger partial charge in [0.05, 0.1) is 0 Å². The van der Waals surface area contributed by atoms with E-state index in [0.717, 1.165) is 10.0 Å². The van der Waals surface area contributed by atoms with Gasteiger partial charge in [0.2, 0.25) is 0 Å². The minimum atomic E-state index is -4.74. The lowest BCUT2D eigenvalue weighted by molar-refractivity contribution is -0.274. The number of hydrogen-bond donors (Lipinski definition) is 1. The Labute approximate surface area is 139 Å². The lowest BCUT2D eigenvalue weighted by Gasteiger charge is -2.11. The molecule has 0 unspecified atom stereocenters. The van der Waals surface area contributed by atoms with Gasteiger partial charge in [0.1, 0.15) is 5.75 Å². The Balaban J connectivity index is 2.03. The van der Waals surface area contributed by atoms with Crippen LogP contribution in [0.2, 0.25) is 0 Å². The van der Waals surface area contributed by atoms with Crippen LogP contribution in [0, 0.1) is 6.92 Å². The van der Waals surface area contributed by atoms with Crippen molar-refractivity contribution in [1.29, 1.82) is 0 Å². The molecule has 7 heteroatoms. The molecule has 0 aliphatic heterocycles. The van der Waals surface area contributed by atoms with E-state index in [-0.39, 0.29) is 18.2 Å². The van der Waals surface area contributed by atoms with Crippen molar-refractivity contribution in [2.45, 2.75) is 19.8 Å². The average molecular weight is 388 g/mol. The number of alkyl halides is 3. The highest BCUT2D eigenvalue weighted by molar-refractivity contribution is 9.10. The molecule has 0 saturated carbocycles. The van der Waals surface area contributed by atoms with Crippen molar-refractivity contribution >= 4 is 21.8 Å². The van der Waals surface area contributed by atoms with Crippen LogP contribution in [0.25, 0.3) is 0 Å². The van der Waals surface area contributed by atoms with E-state index in [9.17, 15) is 18.0 Å². The highest BCUT2D eigenvalue weighted by atomic mass is 79.9. The van der Waals surface area contributed by atoms with Crippen LogP contribution in [0.15, 0.2) is 46.9 Å². The van der Waals surface area contributed by atoms with Gasteiger partial charge in [0.25, 0.3) is 5.91 Å². The monoisotopic (exact) mass is 387 g/mol. The van der Waals surface area contributed by atoms with Gasteiger partial charge in [0, 0.05) is 16.6 Å². The van der Waals surface area contributed by atoms with E-state index >= 15 is 0 Å². The number of ether oxygens (including phenoxy) is 1. The molecule has 0 bridgehead atoms. The number of carbonyl (C=O) groups is 1. The first-order valence-corrected chi connectivity index (χ1v) is 7.42. The number of rotatable bonds is 4. The first-order valence-electron chi connectivity index (χ1n) is 6.63. The van der Waals surface area contributed by atoms with Crippen molar-refractivity contribution in [2.24, 2.45) is 0 Å². The molecule has 0 aliphatic carbocycles. The Kier molecular flexibility index (Phi) is 5.30. The van der Waals surface area contributed by atoms with Gasteiger partial charge in [-0.3, -0.25) is 4.79 Å². The highest BCUT2D eigenvalue weighted by Gasteiger charge is 2.31. The largest absolute Gasteiger partial charge is 0.573 e. The molecule has 3 nitrogen and oxygen atoms in total. The van der Waals surface area contributed by atoms with E-state index in [2.05, 4.69) is 26.0 Å². The molecule has 1 amide bonds. The molecule has 0 atom stereocenters. The molecular weight excluding hydrogens is 375 g/mol. The van der Waals surface area contributed by atoms with E-state index in [1.54, 1.807) is 18.2 Å². The van der Waals surface area contributed by atoms with Gasteiger partial charge < -0.3 is 10.1 Å². The van der Waals surface area contributed by atoms with Crippen LogP contribution in [0.3, 0.4) is 0 Å². The van der Waals surface area contributed by atoms with Crippen molar-refractivity contribution in [3.05, 3.63) is 63.6 Å². The first kappa shape index (κ1) is 17.3. The topological polar surface area (TPSA) is 38.3 Å². The second kappa shape index (κ2) is 7.04. The Morgan fingerprint density at radius 1 is 1.22 bits per heavy atom. The van der Waals surface area contributed by atoms with E-state index < -0.39 is 6.36 Å². The van der Waals surface area contributed by atoms with Gasteiger partial charge in [-0.15, -0.1) is 13.2 Å². The summed E-state index contributed by atoms with van der Waals surface area (Å²) in [4.78, 5) is 12.1. The van der Waals surface area contributed by atoms with Crippen LogP contribution in [-0.2, 0) is 6.54 Å². The molecule has 2 aromatic carbocycles. The van der Waals surface area contributed by atoms with Crippen LogP contribution >= 0.6 is 15.9 Å². The number of aryl methyl sites for hydroxylation is 1. The maximum atomic E-state index is 12.2. The summed E-state index contributed by atoms with van der Waals surface area (Å²) < 4.78 is 41.2. The molecular formula is C16H13BrF3NO2. The Morgan fingerprint density at radius 2 is 1.96 bits per heavy atom. The summed E-state index contributed by atoms with van der Waals surface area (Å²) >= 11 is 3.31. The van der Waals surface area contributed by atoms with E-state index in [1.807, 2.05) is 13.0 Å². The molecule has 2 aromatic rings. The molecule has 2 rings (SSSR count). The zero-order valence-electron chi connectivity index (χ0n) is 12.1. The van der Waals surface area contributed by atoms with Gasteiger partial charge >= 0.3 is 6.36 Å². The summed E-state index contributed by atoms with van der Waals surface area (Å²) in [6, 6.07) is 10.8. The van der Waals surface area contributed by atoms with Crippen LogP contribution in [0.5, 0.6) is 5.75 Å². The number of halogens is 4. The molecule has 0 saturated heterocycles. The third kappa shape index (κ3) is 5.59. The van der Waals surface area contributed by atoms with Crippen LogP contribution in [-0.4, -0.2) is 12.3 Å². The minimum Gasteiger partial charge on any atom is -0.406 e. The number of hydrogen-bond acceptors (Lipinski definition) is 2. The van der Waals surface area contributed by atoms with Gasteiger partial charge in [0.15, 0.2) is 0 Å². The molecule has 0 aliphatic rings. The Hall–Kier alpha value is -2.02. The highest BCUT2D eigenvalue weighted by Crippen LogP contribution is 2.23. The zero-order valence-corrected chi connectivity index (χ0v) is 13.7. The second-order valence-electron chi connectivity index (χ2n) is 4.90. The molecule has 0 aromatic heterocycles. The molecule has 1 N–H and O–H groups in total. The summed E-state index contributed by atoms with van der Waals surface area (Å²) in [7, 11) is 0. The summed E-state index contributed by atoms with van der Waals surface area (Å²) in [5.74, 6) is -0.626. The minimum absolute atomic E-state index is 0.0967. The van der Waals surface area contributed by atoms with Crippen LogP contribution in [0.4, 0.5) is 13.2 Å². The van der Waals surface area contributed by atoms with E-state index in [1.165, 1.54) is 18.2 Å². The zero-order chi connectivity index (χ0) is 17.0. The van der Waals surface area contributed by atoms with Crippen molar-refractivity contribution in [3.8, 4) is 5.75 Å². The molecule has 122 valence electrons. The smallest absolute Gasteiger partial charge is 0.406 e. The molecule has 23 heavy (non-hydrogen) atoms. The predicted octanol–water partition coefficient (Wildman–Crippen LogP) is 4.59. The average Bonchev–Trinajstić information content (AvgIpc) is 2.42. The van der Waals surface area contributed by atoms with Crippen LogP contribution in [0.1, 0.15) is 21.5 Å². The third-order valence-corrected chi connectivity index (χ3v) is 3.35. The second-order valence-corrected chi connectivity index (χ2v) is 5.81. The number of amides is 1. The van der Waals surface area contributed by atoms with Gasteiger partial charge in [-0.1, -0.05) is 28.1 Å². The normalized spacial score (nSPS) is 11.2. The number of benzene rings is 2. The third-order valence-electron chi connectivity index (χ3n) is 2.89. The SMILES string of the molecule is Cc1cc(Br)cc(C(=O)NCc2cccc(OC(F)(F)F)c2)c1. The Bertz CT molecular complexity index is 696. The lowest BCUT2D eigenvalue weighted by Crippen LogP contribution is -2.23. The van der Waals surface area contributed by atoms with E-state index in [0.29, 0.717) is 11.1 Å². The molecule has 0 heterocycles. The lowest BCUT2D eigenvalue weighted by atomic mass is 10.1. The summed E-state index contributed by atoms with van der Waals surface area (Å²) in [6.07, 6.45) is -4.74. The maximum Gasteiger partial charge on any atom is 0.573 e. The molecule has 0 spiro atoms. The fraction of sp³-hybridized carbons (Fsp3) is 0.188. The van der Waals surface area contributed by atoms with E-state index in [4.69, 9.17) is 0 Å². The van der Waals surface area contributed by atoms with Crippen molar-refractivity contribution < 1.29 is 22.7 Å². The standard InChI is InChI=1S/C16H13BrF3NO2/c1-10-5-12(8-13(17)6-10)15(22)21-9-11-3-2-4-14(7-11)23-16(18,19)20/h2-8H,9H2,1H3,(H,21,22). The van der Waals surface area contributed by atoms with Gasteiger partial charge in [-0.25, -0.2) is 0 Å². The van der Waals surface area contributed by atoms with Crippen molar-refractivity contribution in [2.75, 3.05) is 0 Å². The number of nitrogens with one attached hydrogen (secondary N) is 1. The van der Waals surface area contributed by atoms with Crippen molar-refractivity contribution in [1.82, 2.24) is 5.32 Å². The van der Waals surface area contributed by atoms with Crippen molar-refractivity contribution in [3.63, 3.8) is 0 Å². The van der Waals surface area contributed by atoms with Gasteiger partial charge in [-0.2, -0.15) is 0 Å². The molecule has 0 radical (unpaired) electrons. The molecule has 0 fully saturated rings. The maximum absolute atomic E-state index is 12.2. The Morgan fingerprint density at radius 3 is 2.61 bits per heavy atom. The number of carbonyl (C=O) groups excluding carboxylic acids is 1. The quantitative estimate of drug-likeness (QED) is 0.833. The summed E-state index contributed by atoms with van der Waals surface area (Å²) in [5.41, 5.74) is 1.90. The predicted molar refractivity (Wildman–Crippen MR) is 83.2 cm³/mol. The summed E-state index contributed by atoms with van der Waals surface area (Å²) in [6.45, 7) is 1.96. The van der Waals surface area contributed by atoms with Crippen LogP contribution < -0.4 is 10.1 Å². The fourth-order valence-corrected chi connectivity index (χ4v) is 2.61. The first-order chi connectivity index (χ1) is 10.7.